The average molecular weight is 289 g/mol. The Morgan fingerprint density at radius 2 is 2.14 bits per heavy atom. The van der Waals surface area contributed by atoms with E-state index in [1.165, 1.54) is 37.4 Å². The first-order valence-corrected chi connectivity index (χ1v) is 6.23. The number of carbonyl (C=O) groups excluding carboxylic acids is 1. The summed E-state index contributed by atoms with van der Waals surface area (Å²) in [5, 5.41) is 15.5. The van der Waals surface area contributed by atoms with Crippen molar-refractivity contribution in [2.24, 2.45) is 5.41 Å². The van der Waals surface area contributed by atoms with Crippen molar-refractivity contribution in [3.05, 3.63) is 31.0 Å². The highest BCUT2D eigenvalue weighted by molar-refractivity contribution is 5.93. The number of carboxylic acid groups (broad SMARTS) is 1. The van der Waals surface area contributed by atoms with E-state index in [1.54, 1.807) is 12.1 Å². The lowest BCUT2D eigenvalue weighted by Gasteiger charge is -2.18. The van der Waals surface area contributed by atoms with Crippen molar-refractivity contribution in [3.8, 4) is 5.82 Å². The molecule has 1 amide bonds. The van der Waals surface area contributed by atoms with Gasteiger partial charge in [-0.15, -0.1) is 0 Å². The second kappa shape index (κ2) is 5.70. The second-order valence-electron chi connectivity index (χ2n) is 5.16. The van der Waals surface area contributed by atoms with E-state index in [4.69, 9.17) is 5.11 Å². The predicted octanol–water partition coefficient (Wildman–Crippen LogP) is 1.10. The van der Waals surface area contributed by atoms with Gasteiger partial charge in [0, 0.05) is 6.42 Å². The molecule has 21 heavy (non-hydrogen) atoms. The molecule has 110 valence electrons. The number of aromatic nitrogens is 4. The van der Waals surface area contributed by atoms with Gasteiger partial charge in [-0.05, 0) is 26.0 Å². The molecule has 0 radical (unpaired) electrons. The molecule has 2 rings (SSSR count). The van der Waals surface area contributed by atoms with Crippen LogP contribution in [0.3, 0.4) is 0 Å². The van der Waals surface area contributed by atoms with Crippen LogP contribution in [0.15, 0.2) is 31.0 Å². The number of anilines is 1. The lowest BCUT2D eigenvalue weighted by molar-refractivity contribution is -0.148. The zero-order valence-corrected chi connectivity index (χ0v) is 11.6. The summed E-state index contributed by atoms with van der Waals surface area (Å²) < 4.78 is 1.49. The molecule has 0 aliphatic heterocycles. The largest absolute Gasteiger partial charge is 0.481 e. The number of amides is 1. The summed E-state index contributed by atoms with van der Waals surface area (Å²) in [6.45, 7) is 3.00. The molecule has 0 saturated carbocycles. The quantitative estimate of drug-likeness (QED) is 0.853. The summed E-state index contributed by atoms with van der Waals surface area (Å²) in [6.07, 6.45) is 4.26. The monoisotopic (exact) mass is 289 g/mol. The van der Waals surface area contributed by atoms with E-state index in [9.17, 15) is 9.59 Å². The molecule has 0 unspecified atom stereocenters. The number of pyridine rings is 1. The van der Waals surface area contributed by atoms with Crippen LogP contribution in [0.25, 0.3) is 5.82 Å². The Morgan fingerprint density at radius 3 is 2.67 bits per heavy atom. The maximum absolute atomic E-state index is 11.8. The van der Waals surface area contributed by atoms with E-state index in [2.05, 4.69) is 20.4 Å². The standard InChI is InChI=1S/C13H15N5O3/c1-13(2,12(20)21)5-11(19)17-9-3-4-10(15-6-9)18-8-14-7-16-18/h3-4,6-8H,5H2,1-2H3,(H,17,19)(H,20,21). The van der Waals surface area contributed by atoms with E-state index in [1.807, 2.05) is 0 Å². The molecule has 0 aliphatic rings. The molecule has 0 aliphatic carbocycles. The zero-order chi connectivity index (χ0) is 15.5. The Hall–Kier alpha value is -2.77. The lowest BCUT2D eigenvalue weighted by Crippen LogP contribution is -2.29. The Bertz CT molecular complexity index is 634. The predicted molar refractivity (Wildman–Crippen MR) is 73.8 cm³/mol. The van der Waals surface area contributed by atoms with Crippen LogP contribution >= 0.6 is 0 Å². The number of hydrogen-bond donors (Lipinski definition) is 2. The summed E-state index contributed by atoms with van der Waals surface area (Å²) in [5.41, 5.74) is -0.622. The summed E-state index contributed by atoms with van der Waals surface area (Å²) in [4.78, 5) is 30.7. The van der Waals surface area contributed by atoms with Gasteiger partial charge in [-0.25, -0.2) is 14.6 Å². The van der Waals surface area contributed by atoms with Crippen LogP contribution in [0.5, 0.6) is 0 Å². The maximum atomic E-state index is 11.8. The van der Waals surface area contributed by atoms with Gasteiger partial charge >= 0.3 is 5.97 Å². The van der Waals surface area contributed by atoms with Crippen LogP contribution in [0.4, 0.5) is 5.69 Å². The van der Waals surface area contributed by atoms with Crippen LogP contribution in [-0.4, -0.2) is 36.7 Å². The molecule has 0 spiro atoms. The SMILES string of the molecule is CC(C)(CC(=O)Nc1ccc(-n2cncn2)nc1)C(=O)O. The number of nitrogens with zero attached hydrogens (tertiary/aromatic N) is 4. The normalized spacial score (nSPS) is 11.1. The Balaban J connectivity index is 2.01. The van der Waals surface area contributed by atoms with E-state index in [0.717, 1.165) is 0 Å². The fraction of sp³-hybridized carbons (Fsp3) is 0.308. The Kier molecular flexibility index (Phi) is 3.97. The van der Waals surface area contributed by atoms with E-state index >= 15 is 0 Å². The van der Waals surface area contributed by atoms with Gasteiger partial charge < -0.3 is 10.4 Å². The topological polar surface area (TPSA) is 110 Å². The van der Waals surface area contributed by atoms with Crippen molar-refractivity contribution in [2.75, 3.05) is 5.32 Å². The number of hydrogen-bond acceptors (Lipinski definition) is 5. The van der Waals surface area contributed by atoms with E-state index in [0.29, 0.717) is 11.5 Å². The first-order chi connectivity index (χ1) is 9.88. The zero-order valence-electron chi connectivity index (χ0n) is 11.6. The smallest absolute Gasteiger partial charge is 0.309 e. The molecular weight excluding hydrogens is 274 g/mol. The maximum Gasteiger partial charge on any atom is 0.309 e. The van der Waals surface area contributed by atoms with Gasteiger partial charge in [0.15, 0.2) is 5.82 Å². The molecule has 2 aromatic heterocycles. The minimum Gasteiger partial charge on any atom is -0.481 e. The van der Waals surface area contributed by atoms with Gasteiger partial charge in [0.25, 0.3) is 0 Å². The lowest BCUT2D eigenvalue weighted by atomic mass is 9.89. The van der Waals surface area contributed by atoms with Gasteiger partial charge in [0.1, 0.15) is 12.7 Å². The van der Waals surface area contributed by atoms with Gasteiger partial charge in [0.2, 0.25) is 5.91 Å². The van der Waals surface area contributed by atoms with Crippen molar-refractivity contribution >= 4 is 17.6 Å². The minimum absolute atomic E-state index is 0.118. The highest BCUT2D eigenvalue weighted by Crippen LogP contribution is 2.21. The van der Waals surface area contributed by atoms with Crippen molar-refractivity contribution in [2.45, 2.75) is 20.3 Å². The van der Waals surface area contributed by atoms with Crippen molar-refractivity contribution < 1.29 is 14.7 Å². The van der Waals surface area contributed by atoms with Crippen LogP contribution in [0, 0.1) is 5.41 Å². The second-order valence-corrected chi connectivity index (χ2v) is 5.16. The third kappa shape index (κ3) is 3.62. The molecule has 0 atom stereocenters. The molecule has 0 bridgehead atoms. The molecule has 0 fully saturated rings. The van der Waals surface area contributed by atoms with Gasteiger partial charge in [-0.3, -0.25) is 9.59 Å². The molecule has 8 heteroatoms. The van der Waals surface area contributed by atoms with Crippen molar-refractivity contribution in [3.63, 3.8) is 0 Å². The number of carboxylic acids is 1. The fourth-order valence-corrected chi connectivity index (χ4v) is 1.60. The number of aliphatic carboxylic acids is 1. The highest BCUT2D eigenvalue weighted by atomic mass is 16.4. The molecule has 0 aromatic carbocycles. The first-order valence-electron chi connectivity index (χ1n) is 6.23. The van der Waals surface area contributed by atoms with E-state index < -0.39 is 11.4 Å². The molecule has 8 nitrogen and oxygen atoms in total. The average Bonchev–Trinajstić information content (AvgIpc) is 2.92. The van der Waals surface area contributed by atoms with Crippen LogP contribution < -0.4 is 5.32 Å². The Labute approximate surface area is 120 Å². The van der Waals surface area contributed by atoms with Crippen molar-refractivity contribution in [1.82, 2.24) is 19.7 Å². The highest BCUT2D eigenvalue weighted by Gasteiger charge is 2.30. The summed E-state index contributed by atoms with van der Waals surface area (Å²) in [6, 6.07) is 3.34. The molecule has 2 N–H and O–H groups in total. The Morgan fingerprint density at radius 1 is 1.38 bits per heavy atom. The fourth-order valence-electron chi connectivity index (χ4n) is 1.60. The summed E-state index contributed by atoms with van der Waals surface area (Å²) in [7, 11) is 0. The minimum atomic E-state index is -1.11. The van der Waals surface area contributed by atoms with Crippen LogP contribution in [-0.2, 0) is 9.59 Å². The number of nitrogens with one attached hydrogen (secondary N) is 1. The summed E-state index contributed by atoms with van der Waals surface area (Å²) in [5.74, 6) is -0.827. The molecule has 2 aromatic rings. The van der Waals surface area contributed by atoms with Gasteiger partial charge in [-0.1, -0.05) is 0 Å². The van der Waals surface area contributed by atoms with E-state index in [-0.39, 0.29) is 12.3 Å². The third-order valence-corrected chi connectivity index (χ3v) is 2.87. The third-order valence-electron chi connectivity index (χ3n) is 2.87. The first kappa shape index (κ1) is 14.6. The van der Waals surface area contributed by atoms with Crippen LogP contribution in [0.2, 0.25) is 0 Å². The molecule has 0 saturated heterocycles. The molecular formula is C13H15N5O3. The van der Waals surface area contributed by atoms with Gasteiger partial charge in [-0.2, -0.15) is 5.10 Å². The molecule has 2 heterocycles. The van der Waals surface area contributed by atoms with Crippen molar-refractivity contribution in [1.29, 1.82) is 0 Å². The summed E-state index contributed by atoms with van der Waals surface area (Å²) >= 11 is 0. The van der Waals surface area contributed by atoms with Crippen LogP contribution in [0.1, 0.15) is 20.3 Å². The number of rotatable bonds is 5. The number of carbonyl (C=O) groups is 2. The van der Waals surface area contributed by atoms with Gasteiger partial charge in [0.05, 0.1) is 17.3 Å².